The van der Waals surface area contributed by atoms with E-state index in [-0.39, 0.29) is 0 Å². The number of nitrogens with zero attached hydrogens (tertiary/aromatic N) is 3. The fourth-order valence-corrected chi connectivity index (χ4v) is 2.05. The number of aromatic nitrogens is 3. The van der Waals surface area contributed by atoms with E-state index in [1.54, 1.807) is 28.9 Å². The smallest absolute Gasteiger partial charge is 0.337 e. The van der Waals surface area contributed by atoms with Crippen molar-refractivity contribution in [1.29, 1.82) is 0 Å². The molecule has 2 rings (SSSR count). The van der Waals surface area contributed by atoms with Crippen LogP contribution in [-0.2, 0) is 11.2 Å². The fraction of sp³-hybridized carbons (Fsp3) is 0.333. The number of esters is 1. The minimum absolute atomic E-state index is 0.348. The van der Waals surface area contributed by atoms with Crippen LogP contribution in [0.25, 0.3) is 5.69 Å². The Hall–Kier alpha value is -2.50. The number of ether oxygens (including phenoxy) is 1. The number of carbonyl (C=O) groups is 2. The molecule has 1 aromatic carbocycles. The van der Waals surface area contributed by atoms with Gasteiger partial charge < -0.3 is 4.74 Å². The molecule has 21 heavy (non-hydrogen) atoms. The molecule has 0 fully saturated rings. The van der Waals surface area contributed by atoms with Gasteiger partial charge in [-0.2, -0.15) is 0 Å². The average molecular weight is 287 g/mol. The van der Waals surface area contributed by atoms with Gasteiger partial charge in [0.15, 0.2) is 6.29 Å². The molecule has 0 aliphatic rings. The summed E-state index contributed by atoms with van der Waals surface area (Å²) in [5.41, 5.74) is 2.33. The van der Waals surface area contributed by atoms with Gasteiger partial charge in [-0.1, -0.05) is 19.1 Å². The predicted octanol–water partition coefficient (Wildman–Crippen LogP) is 2.06. The van der Waals surface area contributed by atoms with E-state index in [9.17, 15) is 9.59 Å². The van der Waals surface area contributed by atoms with Crippen molar-refractivity contribution in [3.8, 4) is 5.69 Å². The minimum atomic E-state index is -0.392. The molecule has 0 radical (unpaired) electrons. The van der Waals surface area contributed by atoms with Crippen LogP contribution in [-0.4, -0.2) is 34.4 Å². The first-order valence-electron chi connectivity index (χ1n) is 6.65. The molecule has 110 valence electrons. The summed E-state index contributed by atoms with van der Waals surface area (Å²) in [4.78, 5) is 22.5. The molecule has 1 aromatic heterocycles. The highest BCUT2D eigenvalue weighted by atomic mass is 16.5. The Labute approximate surface area is 122 Å². The van der Waals surface area contributed by atoms with Crippen LogP contribution < -0.4 is 0 Å². The molecule has 6 nitrogen and oxygen atoms in total. The third kappa shape index (κ3) is 3.16. The number of benzene rings is 1. The lowest BCUT2D eigenvalue weighted by atomic mass is 10.1. The number of hydrogen-bond donors (Lipinski definition) is 0. The van der Waals surface area contributed by atoms with E-state index < -0.39 is 5.97 Å². The molecule has 2 aromatic rings. The third-order valence-corrected chi connectivity index (χ3v) is 3.04. The Kier molecular flexibility index (Phi) is 4.47. The van der Waals surface area contributed by atoms with E-state index in [4.69, 9.17) is 0 Å². The maximum absolute atomic E-state index is 11.4. The second-order valence-corrected chi connectivity index (χ2v) is 5.09. The molecule has 0 bridgehead atoms. The molecule has 0 aliphatic carbocycles. The second-order valence-electron chi connectivity index (χ2n) is 5.09. The summed E-state index contributed by atoms with van der Waals surface area (Å²) in [6.45, 7) is 4.12. The van der Waals surface area contributed by atoms with Gasteiger partial charge in [0.1, 0.15) is 5.69 Å². The van der Waals surface area contributed by atoms with Gasteiger partial charge in [0.25, 0.3) is 0 Å². The quantitative estimate of drug-likeness (QED) is 0.621. The van der Waals surface area contributed by atoms with Crippen molar-refractivity contribution in [3.05, 3.63) is 41.2 Å². The zero-order valence-electron chi connectivity index (χ0n) is 12.2. The number of carbonyl (C=O) groups excluding carboxylic acids is 2. The second kappa shape index (κ2) is 6.30. The normalized spacial score (nSPS) is 10.7. The van der Waals surface area contributed by atoms with Crippen LogP contribution >= 0.6 is 0 Å². The van der Waals surface area contributed by atoms with Crippen molar-refractivity contribution in [2.24, 2.45) is 5.92 Å². The summed E-state index contributed by atoms with van der Waals surface area (Å²) in [5.74, 6) is -0.0218. The first-order valence-corrected chi connectivity index (χ1v) is 6.65. The largest absolute Gasteiger partial charge is 0.465 e. The Morgan fingerprint density at radius 1 is 1.33 bits per heavy atom. The number of rotatable bonds is 5. The van der Waals surface area contributed by atoms with E-state index in [1.807, 2.05) is 0 Å². The SMILES string of the molecule is COC(=O)c1ccc(-n2nnc(C=O)c2CC(C)C)cc1. The summed E-state index contributed by atoms with van der Waals surface area (Å²) < 4.78 is 6.29. The van der Waals surface area contributed by atoms with Crippen molar-refractivity contribution >= 4 is 12.3 Å². The maximum Gasteiger partial charge on any atom is 0.337 e. The molecule has 0 spiro atoms. The zero-order valence-corrected chi connectivity index (χ0v) is 12.2. The lowest BCUT2D eigenvalue weighted by Gasteiger charge is -2.09. The maximum atomic E-state index is 11.4. The van der Waals surface area contributed by atoms with Crippen LogP contribution in [0.1, 0.15) is 40.4 Å². The van der Waals surface area contributed by atoms with Crippen LogP contribution in [0.15, 0.2) is 24.3 Å². The van der Waals surface area contributed by atoms with Gasteiger partial charge in [-0.25, -0.2) is 9.48 Å². The molecular weight excluding hydrogens is 270 g/mol. The minimum Gasteiger partial charge on any atom is -0.465 e. The first-order chi connectivity index (χ1) is 10.1. The number of methoxy groups -OCH3 is 1. The highest BCUT2D eigenvalue weighted by Crippen LogP contribution is 2.17. The van der Waals surface area contributed by atoms with Gasteiger partial charge in [0.05, 0.1) is 24.1 Å². The highest BCUT2D eigenvalue weighted by molar-refractivity contribution is 5.89. The Morgan fingerprint density at radius 2 is 2.00 bits per heavy atom. The fourth-order valence-electron chi connectivity index (χ4n) is 2.05. The van der Waals surface area contributed by atoms with Crippen LogP contribution in [0.4, 0.5) is 0 Å². The molecule has 0 unspecified atom stereocenters. The van der Waals surface area contributed by atoms with Crippen LogP contribution in [0.5, 0.6) is 0 Å². The molecule has 0 saturated heterocycles. The van der Waals surface area contributed by atoms with Gasteiger partial charge in [-0.15, -0.1) is 5.10 Å². The van der Waals surface area contributed by atoms with Crippen LogP contribution in [0.2, 0.25) is 0 Å². The van der Waals surface area contributed by atoms with Gasteiger partial charge in [0.2, 0.25) is 0 Å². The lowest BCUT2D eigenvalue weighted by Crippen LogP contribution is -2.08. The Bertz CT molecular complexity index is 645. The Balaban J connectivity index is 2.39. The van der Waals surface area contributed by atoms with E-state index in [1.165, 1.54) is 7.11 Å². The van der Waals surface area contributed by atoms with Crippen molar-refractivity contribution in [3.63, 3.8) is 0 Å². The summed E-state index contributed by atoms with van der Waals surface area (Å²) in [7, 11) is 1.34. The zero-order chi connectivity index (χ0) is 15.4. The standard InChI is InChI=1S/C15H17N3O3/c1-10(2)8-14-13(9-19)16-17-18(14)12-6-4-11(5-7-12)15(20)21-3/h4-7,9-10H,8H2,1-3H3. The van der Waals surface area contributed by atoms with Crippen molar-refractivity contribution in [2.75, 3.05) is 7.11 Å². The van der Waals surface area contributed by atoms with Gasteiger partial charge in [-0.3, -0.25) is 4.79 Å². The summed E-state index contributed by atoms with van der Waals surface area (Å²) in [6.07, 6.45) is 1.41. The molecular formula is C15H17N3O3. The van der Waals surface area contributed by atoms with E-state index in [2.05, 4.69) is 28.9 Å². The lowest BCUT2D eigenvalue weighted by molar-refractivity contribution is 0.0600. The van der Waals surface area contributed by atoms with Gasteiger partial charge in [0, 0.05) is 0 Å². The first kappa shape index (κ1) is 14.9. The summed E-state index contributed by atoms with van der Waals surface area (Å²) in [6, 6.07) is 6.81. The molecule has 0 aliphatic heterocycles. The molecule has 1 heterocycles. The van der Waals surface area contributed by atoms with Gasteiger partial charge in [-0.05, 0) is 36.6 Å². The van der Waals surface area contributed by atoms with E-state index in [0.717, 1.165) is 11.4 Å². The van der Waals surface area contributed by atoms with Crippen LogP contribution in [0.3, 0.4) is 0 Å². The molecule has 6 heteroatoms. The highest BCUT2D eigenvalue weighted by Gasteiger charge is 2.15. The summed E-state index contributed by atoms with van der Waals surface area (Å²) >= 11 is 0. The monoisotopic (exact) mass is 287 g/mol. The predicted molar refractivity (Wildman–Crippen MR) is 76.6 cm³/mol. The average Bonchev–Trinajstić information content (AvgIpc) is 2.88. The molecule has 0 N–H and O–H groups in total. The molecule has 0 atom stereocenters. The van der Waals surface area contributed by atoms with Crippen molar-refractivity contribution < 1.29 is 14.3 Å². The Morgan fingerprint density at radius 3 is 2.52 bits per heavy atom. The van der Waals surface area contributed by atoms with Gasteiger partial charge >= 0.3 is 5.97 Å². The van der Waals surface area contributed by atoms with E-state index in [0.29, 0.717) is 29.9 Å². The van der Waals surface area contributed by atoms with Crippen molar-refractivity contribution in [1.82, 2.24) is 15.0 Å². The van der Waals surface area contributed by atoms with E-state index >= 15 is 0 Å². The molecule has 0 saturated carbocycles. The topological polar surface area (TPSA) is 74.1 Å². The number of hydrogen-bond acceptors (Lipinski definition) is 5. The molecule has 0 amide bonds. The van der Waals surface area contributed by atoms with Crippen LogP contribution in [0, 0.1) is 5.92 Å². The summed E-state index contributed by atoms with van der Waals surface area (Å²) in [5, 5.41) is 7.92. The van der Waals surface area contributed by atoms with Crippen molar-refractivity contribution in [2.45, 2.75) is 20.3 Å². The number of aldehydes is 1. The third-order valence-electron chi connectivity index (χ3n) is 3.04.